The summed E-state index contributed by atoms with van der Waals surface area (Å²) in [5.41, 5.74) is 1.32. The van der Waals surface area contributed by atoms with Gasteiger partial charge in [-0.2, -0.15) is 0 Å². The van der Waals surface area contributed by atoms with Crippen LogP contribution >= 0.6 is 0 Å². The Labute approximate surface area is 178 Å². The Bertz CT molecular complexity index is 1090. The average Bonchev–Trinajstić information content (AvgIpc) is 3.02. The second-order valence-corrected chi connectivity index (χ2v) is 6.32. The Morgan fingerprint density at radius 3 is 2.13 bits per heavy atom. The van der Waals surface area contributed by atoms with Gasteiger partial charge in [0.1, 0.15) is 11.5 Å². The minimum atomic E-state index is -0.727. The molecule has 3 rings (SSSR count). The number of nitrogens with one attached hydrogen (secondary N) is 1. The summed E-state index contributed by atoms with van der Waals surface area (Å²) in [5.74, 6) is -2.20. The van der Waals surface area contributed by atoms with Crippen LogP contribution in [0, 0.1) is 5.82 Å². The SMILES string of the molecule is COC(=O)C1=C(C(=O)OC)N(c2ccc(C(=O)Nc3ccc(F)cc3)cc2)C=CC=C1. The molecule has 1 aliphatic rings. The molecule has 8 heteroatoms. The van der Waals surface area contributed by atoms with E-state index in [1.165, 1.54) is 49.5 Å². The lowest BCUT2D eigenvalue weighted by molar-refractivity contribution is -0.139. The third kappa shape index (κ3) is 4.87. The van der Waals surface area contributed by atoms with E-state index in [1.54, 1.807) is 42.6 Å². The fraction of sp³-hybridized carbons (Fsp3) is 0.0870. The maximum absolute atomic E-state index is 13.0. The Morgan fingerprint density at radius 1 is 0.871 bits per heavy atom. The van der Waals surface area contributed by atoms with Crippen molar-refractivity contribution in [1.29, 1.82) is 0 Å². The summed E-state index contributed by atoms with van der Waals surface area (Å²) in [6.07, 6.45) is 6.29. The first-order valence-corrected chi connectivity index (χ1v) is 9.16. The minimum absolute atomic E-state index is 0.0251. The molecule has 0 spiro atoms. The first-order valence-electron chi connectivity index (χ1n) is 9.16. The van der Waals surface area contributed by atoms with E-state index in [9.17, 15) is 18.8 Å². The third-order valence-electron chi connectivity index (χ3n) is 4.40. The van der Waals surface area contributed by atoms with Gasteiger partial charge >= 0.3 is 11.9 Å². The molecule has 0 saturated carbocycles. The van der Waals surface area contributed by atoms with Gasteiger partial charge in [0.2, 0.25) is 0 Å². The van der Waals surface area contributed by atoms with Crippen LogP contribution in [0.1, 0.15) is 10.4 Å². The van der Waals surface area contributed by atoms with Crippen LogP contribution in [0.2, 0.25) is 0 Å². The summed E-state index contributed by atoms with van der Waals surface area (Å²) < 4.78 is 22.7. The summed E-state index contributed by atoms with van der Waals surface area (Å²) in [5, 5.41) is 2.67. The zero-order valence-corrected chi connectivity index (χ0v) is 16.8. The van der Waals surface area contributed by atoms with Crippen LogP contribution in [0.3, 0.4) is 0 Å². The molecule has 158 valence electrons. The molecule has 31 heavy (non-hydrogen) atoms. The maximum atomic E-state index is 13.0. The first kappa shape index (κ1) is 21.5. The van der Waals surface area contributed by atoms with E-state index >= 15 is 0 Å². The first-order chi connectivity index (χ1) is 14.9. The molecule has 1 N–H and O–H groups in total. The summed E-state index contributed by atoms with van der Waals surface area (Å²) in [6.45, 7) is 0. The van der Waals surface area contributed by atoms with Gasteiger partial charge in [-0.3, -0.25) is 4.79 Å². The summed E-state index contributed by atoms with van der Waals surface area (Å²) in [4.78, 5) is 38.6. The van der Waals surface area contributed by atoms with Gasteiger partial charge in [0.25, 0.3) is 5.91 Å². The fourth-order valence-electron chi connectivity index (χ4n) is 2.88. The van der Waals surface area contributed by atoms with E-state index in [1.807, 2.05) is 0 Å². The van der Waals surface area contributed by atoms with Gasteiger partial charge in [-0.05, 0) is 60.7 Å². The van der Waals surface area contributed by atoms with E-state index in [-0.39, 0.29) is 17.2 Å². The predicted molar refractivity (Wildman–Crippen MR) is 113 cm³/mol. The van der Waals surface area contributed by atoms with Crippen molar-refractivity contribution in [3.05, 3.63) is 95.6 Å². The van der Waals surface area contributed by atoms with E-state index in [0.29, 0.717) is 16.9 Å². The van der Waals surface area contributed by atoms with Crippen molar-refractivity contribution in [2.24, 2.45) is 0 Å². The molecular weight excluding hydrogens is 403 g/mol. The Hall–Kier alpha value is -4.20. The zero-order chi connectivity index (χ0) is 22.4. The highest BCUT2D eigenvalue weighted by Crippen LogP contribution is 2.26. The zero-order valence-electron chi connectivity index (χ0n) is 16.8. The van der Waals surface area contributed by atoms with Crippen LogP contribution in [-0.4, -0.2) is 32.1 Å². The minimum Gasteiger partial charge on any atom is -0.465 e. The third-order valence-corrected chi connectivity index (χ3v) is 4.40. The lowest BCUT2D eigenvalue weighted by Crippen LogP contribution is -2.27. The van der Waals surface area contributed by atoms with Crippen LogP contribution in [0.25, 0.3) is 0 Å². The number of allylic oxidation sites excluding steroid dienone is 2. The average molecular weight is 422 g/mol. The van der Waals surface area contributed by atoms with Gasteiger partial charge < -0.3 is 19.7 Å². The number of amides is 1. The number of hydrogen-bond donors (Lipinski definition) is 1. The molecule has 0 radical (unpaired) electrons. The quantitative estimate of drug-likeness (QED) is 0.742. The van der Waals surface area contributed by atoms with Crippen molar-refractivity contribution in [2.75, 3.05) is 24.4 Å². The number of methoxy groups -OCH3 is 2. The number of anilines is 2. The van der Waals surface area contributed by atoms with Crippen LogP contribution < -0.4 is 10.2 Å². The lowest BCUT2D eigenvalue weighted by Gasteiger charge is -2.23. The summed E-state index contributed by atoms with van der Waals surface area (Å²) >= 11 is 0. The number of benzene rings is 2. The van der Waals surface area contributed by atoms with Crippen molar-refractivity contribution in [3.63, 3.8) is 0 Å². The monoisotopic (exact) mass is 422 g/mol. The smallest absolute Gasteiger partial charge is 0.355 e. The Balaban J connectivity index is 1.90. The molecule has 1 aliphatic heterocycles. The highest BCUT2D eigenvalue weighted by molar-refractivity contribution is 6.06. The standard InChI is InChI=1S/C23H19FN2O5/c1-30-22(28)19-5-3-4-14-26(20(19)23(29)31-2)18-12-6-15(7-13-18)21(27)25-17-10-8-16(24)9-11-17/h3-14H,1-2H3,(H,25,27). The second-order valence-electron chi connectivity index (χ2n) is 6.32. The molecule has 2 aromatic rings. The van der Waals surface area contributed by atoms with Crippen LogP contribution in [0.5, 0.6) is 0 Å². The summed E-state index contributed by atoms with van der Waals surface area (Å²) in [6, 6.07) is 11.8. The summed E-state index contributed by atoms with van der Waals surface area (Å²) in [7, 11) is 2.43. The molecule has 0 aliphatic carbocycles. The van der Waals surface area contributed by atoms with Gasteiger partial charge in [-0.1, -0.05) is 6.08 Å². The van der Waals surface area contributed by atoms with Crippen LogP contribution in [-0.2, 0) is 19.1 Å². The van der Waals surface area contributed by atoms with Crippen molar-refractivity contribution in [2.45, 2.75) is 0 Å². The molecule has 2 aromatic carbocycles. The number of carbonyl (C=O) groups excluding carboxylic acids is 3. The van der Waals surface area contributed by atoms with Gasteiger partial charge in [-0.15, -0.1) is 0 Å². The highest BCUT2D eigenvalue weighted by atomic mass is 19.1. The number of hydrogen-bond acceptors (Lipinski definition) is 6. The molecule has 0 unspecified atom stereocenters. The molecule has 0 saturated heterocycles. The molecule has 0 bridgehead atoms. The van der Waals surface area contributed by atoms with Crippen molar-refractivity contribution >= 4 is 29.2 Å². The van der Waals surface area contributed by atoms with Gasteiger partial charge in [0.05, 0.1) is 19.8 Å². The van der Waals surface area contributed by atoms with E-state index in [4.69, 9.17) is 9.47 Å². The molecular formula is C23H19FN2O5. The maximum Gasteiger partial charge on any atom is 0.355 e. The van der Waals surface area contributed by atoms with Gasteiger partial charge in [0, 0.05) is 23.1 Å². The Kier molecular flexibility index (Phi) is 6.61. The Morgan fingerprint density at radius 2 is 1.52 bits per heavy atom. The molecule has 0 atom stereocenters. The highest BCUT2D eigenvalue weighted by Gasteiger charge is 2.27. The number of ether oxygens (including phenoxy) is 2. The predicted octanol–water partition coefficient (Wildman–Crippen LogP) is 3.57. The van der Waals surface area contributed by atoms with E-state index < -0.39 is 17.8 Å². The molecule has 7 nitrogen and oxygen atoms in total. The largest absolute Gasteiger partial charge is 0.465 e. The number of carbonyl (C=O) groups is 3. The van der Waals surface area contributed by atoms with Crippen LogP contribution in [0.15, 0.2) is 84.2 Å². The molecule has 1 heterocycles. The second kappa shape index (κ2) is 9.53. The number of nitrogens with zero attached hydrogens (tertiary/aromatic N) is 1. The molecule has 0 aromatic heterocycles. The normalized spacial score (nSPS) is 12.9. The van der Waals surface area contributed by atoms with Gasteiger partial charge in [0.15, 0.2) is 0 Å². The molecule has 1 amide bonds. The van der Waals surface area contributed by atoms with Crippen molar-refractivity contribution in [1.82, 2.24) is 0 Å². The lowest BCUT2D eigenvalue weighted by atomic mass is 10.1. The van der Waals surface area contributed by atoms with Crippen molar-refractivity contribution < 1.29 is 28.2 Å². The van der Waals surface area contributed by atoms with E-state index in [2.05, 4.69) is 5.32 Å². The molecule has 0 fully saturated rings. The van der Waals surface area contributed by atoms with Crippen molar-refractivity contribution in [3.8, 4) is 0 Å². The fourth-order valence-corrected chi connectivity index (χ4v) is 2.88. The number of halogens is 1. The number of esters is 2. The van der Waals surface area contributed by atoms with E-state index in [0.717, 1.165) is 0 Å². The topological polar surface area (TPSA) is 84.9 Å². The van der Waals surface area contributed by atoms with Crippen LogP contribution in [0.4, 0.5) is 15.8 Å². The number of rotatable bonds is 5. The van der Waals surface area contributed by atoms with Gasteiger partial charge in [-0.25, -0.2) is 14.0 Å².